The molecule has 2 aromatic rings. The lowest BCUT2D eigenvalue weighted by atomic mass is 10.2. The summed E-state index contributed by atoms with van der Waals surface area (Å²) >= 11 is 1.87. The smallest absolute Gasteiger partial charge is 0.245 e. The van der Waals surface area contributed by atoms with Crippen LogP contribution in [0.4, 0.5) is 5.95 Å². The number of nitrogens with one attached hydrogen (secondary N) is 2. The second-order valence-electron chi connectivity index (χ2n) is 5.70. The molecule has 1 atom stereocenters. The molecule has 20 heavy (non-hydrogen) atoms. The molecule has 0 unspecified atom stereocenters. The molecule has 2 aromatic heterocycles. The number of hydrogen-bond acceptors (Lipinski definition) is 5. The minimum Gasteiger partial charge on any atom is -0.337 e. The van der Waals surface area contributed by atoms with Crippen LogP contribution in [0.2, 0.25) is 0 Å². The molecule has 5 nitrogen and oxygen atoms in total. The second kappa shape index (κ2) is 4.86. The van der Waals surface area contributed by atoms with Crippen molar-refractivity contribution >= 4 is 17.3 Å². The van der Waals surface area contributed by atoms with Crippen LogP contribution in [0.15, 0.2) is 6.07 Å². The Labute approximate surface area is 122 Å². The molecular formula is C14H19N5S. The lowest BCUT2D eigenvalue weighted by Gasteiger charge is -2.30. The molecule has 1 saturated heterocycles. The third-order valence-electron chi connectivity index (χ3n) is 4.11. The van der Waals surface area contributed by atoms with Gasteiger partial charge in [0.15, 0.2) is 5.82 Å². The summed E-state index contributed by atoms with van der Waals surface area (Å²) in [6, 6.07) is 2.79. The molecule has 1 aliphatic carbocycles. The molecule has 2 aliphatic rings. The number of thiophene rings is 1. The number of H-pyrrole nitrogens is 1. The van der Waals surface area contributed by atoms with Crippen LogP contribution in [-0.2, 0) is 12.8 Å². The fourth-order valence-electron chi connectivity index (χ4n) is 3.06. The van der Waals surface area contributed by atoms with Crippen molar-refractivity contribution in [2.45, 2.75) is 32.2 Å². The van der Waals surface area contributed by atoms with Crippen molar-refractivity contribution in [3.63, 3.8) is 0 Å². The van der Waals surface area contributed by atoms with Gasteiger partial charge in [0.1, 0.15) is 0 Å². The Bertz CT molecular complexity index is 595. The first-order valence-corrected chi connectivity index (χ1v) is 8.14. The minimum absolute atomic E-state index is 0.497. The molecule has 106 valence electrons. The Morgan fingerprint density at radius 1 is 1.40 bits per heavy atom. The highest BCUT2D eigenvalue weighted by Crippen LogP contribution is 2.35. The monoisotopic (exact) mass is 289 g/mol. The van der Waals surface area contributed by atoms with Gasteiger partial charge in [0.2, 0.25) is 5.95 Å². The molecule has 0 aromatic carbocycles. The topological polar surface area (TPSA) is 56.8 Å². The largest absolute Gasteiger partial charge is 0.337 e. The number of hydrogen-bond donors (Lipinski definition) is 2. The highest BCUT2D eigenvalue weighted by Gasteiger charge is 2.21. The first kappa shape index (κ1) is 12.3. The van der Waals surface area contributed by atoms with E-state index in [1.54, 1.807) is 0 Å². The summed E-state index contributed by atoms with van der Waals surface area (Å²) in [7, 11) is 0. The van der Waals surface area contributed by atoms with Crippen molar-refractivity contribution in [1.29, 1.82) is 0 Å². The van der Waals surface area contributed by atoms with Crippen molar-refractivity contribution in [2.24, 2.45) is 0 Å². The van der Waals surface area contributed by atoms with E-state index in [-0.39, 0.29) is 0 Å². The van der Waals surface area contributed by atoms with Crippen LogP contribution in [0.5, 0.6) is 0 Å². The van der Waals surface area contributed by atoms with E-state index in [0.717, 1.165) is 31.4 Å². The Morgan fingerprint density at radius 2 is 2.35 bits per heavy atom. The average molecular weight is 289 g/mol. The molecule has 3 heterocycles. The van der Waals surface area contributed by atoms with Crippen molar-refractivity contribution in [1.82, 2.24) is 20.5 Å². The van der Waals surface area contributed by atoms with Gasteiger partial charge in [-0.1, -0.05) is 0 Å². The Kier molecular flexibility index (Phi) is 3.00. The van der Waals surface area contributed by atoms with E-state index in [0.29, 0.717) is 6.04 Å². The molecule has 4 rings (SSSR count). The SMILES string of the molecule is C[C@@H]1CN(c2n[nH]c(-c3cc4c(s3)CCC4)n2)CCN1. The fraction of sp³-hybridized carbons (Fsp3) is 0.571. The van der Waals surface area contributed by atoms with Crippen LogP contribution in [0.25, 0.3) is 10.7 Å². The molecule has 6 heteroatoms. The van der Waals surface area contributed by atoms with Crippen LogP contribution in [-0.4, -0.2) is 40.9 Å². The van der Waals surface area contributed by atoms with Crippen LogP contribution in [0.3, 0.4) is 0 Å². The van der Waals surface area contributed by atoms with Gasteiger partial charge in [-0.05, 0) is 37.8 Å². The molecule has 2 N–H and O–H groups in total. The maximum Gasteiger partial charge on any atom is 0.245 e. The van der Waals surface area contributed by atoms with Crippen molar-refractivity contribution in [2.75, 3.05) is 24.5 Å². The molecule has 1 aliphatic heterocycles. The molecule has 0 saturated carbocycles. The molecule has 0 bridgehead atoms. The maximum absolute atomic E-state index is 4.69. The van der Waals surface area contributed by atoms with Gasteiger partial charge in [-0.2, -0.15) is 4.98 Å². The minimum atomic E-state index is 0.497. The van der Waals surface area contributed by atoms with Crippen LogP contribution >= 0.6 is 11.3 Å². The molecule has 1 fully saturated rings. The highest BCUT2D eigenvalue weighted by molar-refractivity contribution is 7.15. The summed E-state index contributed by atoms with van der Waals surface area (Å²) in [5, 5.41) is 11.0. The fourth-order valence-corrected chi connectivity index (χ4v) is 4.26. The van der Waals surface area contributed by atoms with E-state index in [1.165, 1.54) is 34.6 Å². The van der Waals surface area contributed by atoms with Crippen molar-refractivity contribution < 1.29 is 0 Å². The number of nitrogens with zero attached hydrogens (tertiary/aromatic N) is 3. The van der Waals surface area contributed by atoms with Gasteiger partial charge in [0.25, 0.3) is 0 Å². The van der Waals surface area contributed by atoms with E-state index in [4.69, 9.17) is 4.98 Å². The quantitative estimate of drug-likeness (QED) is 0.885. The third-order valence-corrected chi connectivity index (χ3v) is 5.35. The van der Waals surface area contributed by atoms with Crippen molar-refractivity contribution in [3.05, 3.63) is 16.5 Å². The van der Waals surface area contributed by atoms with Gasteiger partial charge in [0, 0.05) is 30.6 Å². The van der Waals surface area contributed by atoms with Gasteiger partial charge in [-0.25, -0.2) is 0 Å². The first-order valence-electron chi connectivity index (χ1n) is 7.32. The number of aromatic nitrogens is 3. The molecule has 0 amide bonds. The third kappa shape index (κ3) is 2.13. The summed E-state index contributed by atoms with van der Waals surface area (Å²) in [5.41, 5.74) is 1.51. The summed E-state index contributed by atoms with van der Waals surface area (Å²) in [4.78, 5) is 9.71. The Balaban J connectivity index is 1.57. The second-order valence-corrected chi connectivity index (χ2v) is 6.83. The lowest BCUT2D eigenvalue weighted by molar-refractivity contribution is 0.480. The lowest BCUT2D eigenvalue weighted by Crippen LogP contribution is -2.49. The number of fused-ring (bicyclic) bond motifs is 1. The van der Waals surface area contributed by atoms with E-state index in [2.05, 4.69) is 33.4 Å². The zero-order chi connectivity index (χ0) is 13.5. The van der Waals surface area contributed by atoms with Gasteiger partial charge >= 0.3 is 0 Å². The number of anilines is 1. The van der Waals surface area contributed by atoms with Gasteiger partial charge in [0.05, 0.1) is 4.88 Å². The predicted molar refractivity (Wildman–Crippen MR) is 81.4 cm³/mol. The molecule has 0 spiro atoms. The van der Waals surface area contributed by atoms with E-state index < -0.39 is 0 Å². The van der Waals surface area contributed by atoms with Gasteiger partial charge in [-0.3, -0.25) is 5.10 Å². The average Bonchev–Trinajstić information content (AvgIpc) is 3.13. The van der Waals surface area contributed by atoms with Gasteiger partial charge < -0.3 is 10.2 Å². The zero-order valence-electron chi connectivity index (χ0n) is 11.6. The van der Waals surface area contributed by atoms with E-state index >= 15 is 0 Å². The summed E-state index contributed by atoms with van der Waals surface area (Å²) in [5.74, 6) is 1.76. The standard InChI is InChI=1S/C14H19N5S/c1-9-8-19(6-5-15-9)14-16-13(17-18-14)12-7-10-3-2-4-11(10)20-12/h7,9,15H,2-6,8H2,1H3,(H,16,17,18)/t9-/m1/s1. The van der Waals surface area contributed by atoms with Crippen molar-refractivity contribution in [3.8, 4) is 10.7 Å². The molecular weight excluding hydrogens is 270 g/mol. The normalized spacial score (nSPS) is 22.2. The summed E-state index contributed by atoms with van der Waals surface area (Å²) < 4.78 is 0. The van der Waals surface area contributed by atoms with Crippen LogP contribution in [0, 0.1) is 0 Å². The van der Waals surface area contributed by atoms with E-state index in [9.17, 15) is 0 Å². The molecule has 0 radical (unpaired) electrons. The number of aryl methyl sites for hydroxylation is 2. The summed E-state index contributed by atoms with van der Waals surface area (Å²) in [6.07, 6.45) is 3.76. The number of aromatic amines is 1. The highest BCUT2D eigenvalue weighted by atomic mass is 32.1. The number of rotatable bonds is 2. The Hall–Kier alpha value is -1.40. The Morgan fingerprint density at radius 3 is 3.20 bits per heavy atom. The van der Waals surface area contributed by atoms with E-state index in [1.807, 2.05) is 11.3 Å². The maximum atomic E-state index is 4.69. The first-order chi connectivity index (χ1) is 9.79. The summed E-state index contributed by atoms with van der Waals surface area (Å²) in [6.45, 7) is 5.14. The van der Waals surface area contributed by atoms with Gasteiger partial charge in [-0.15, -0.1) is 16.4 Å². The van der Waals surface area contributed by atoms with Crippen LogP contribution < -0.4 is 10.2 Å². The number of piperazine rings is 1. The zero-order valence-corrected chi connectivity index (χ0v) is 12.5. The van der Waals surface area contributed by atoms with Crippen LogP contribution in [0.1, 0.15) is 23.8 Å². The predicted octanol–water partition coefficient (Wildman–Crippen LogP) is 1.82.